The van der Waals surface area contributed by atoms with Gasteiger partial charge in [-0.15, -0.1) is 0 Å². The summed E-state index contributed by atoms with van der Waals surface area (Å²) in [4.78, 5) is 17.0. The molecule has 0 radical (unpaired) electrons. The first kappa shape index (κ1) is 14.2. The Labute approximate surface area is 132 Å². The van der Waals surface area contributed by atoms with Crippen molar-refractivity contribution in [2.24, 2.45) is 17.8 Å². The lowest BCUT2D eigenvalue weighted by molar-refractivity contribution is -0.00722. The van der Waals surface area contributed by atoms with Crippen LogP contribution in [0.3, 0.4) is 0 Å². The topological polar surface area (TPSA) is 42.0 Å². The summed E-state index contributed by atoms with van der Waals surface area (Å²) in [5.41, 5.74) is 2.22. The van der Waals surface area contributed by atoms with Gasteiger partial charge < -0.3 is 5.32 Å². The van der Waals surface area contributed by atoms with Crippen LogP contribution in [0.1, 0.15) is 68.4 Å². The van der Waals surface area contributed by atoms with Crippen molar-refractivity contribution in [3.8, 4) is 0 Å². The van der Waals surface area contributed by atoms with E-state index in [1.807, 2.05) is 26.1 Å². The number of hydrogen-bond donors (Lipinski definition) is 1. The van der Waals surface area contributed by atoms with Gasteiger partial charge in [0.25, 0.3) is 5.91 Å². The lowest BCUT2D eigenvalue weighted by Crippen LogP contribution is -2.49. The van der Waals surface area contributed by atoms with Crippen LogP contribution in [-0.2, 0) is 5.41 Å². The largest absolute Gasteiger partial charge is 0.350 e. The third kappa shape index (κ3) is 2.35. The van der Waals surface area contributed by atoms with Crippen LogP contribution in [0.15, 0.2) is 18.3 Å². The van der Waals surface area contributed by atoms with Crippen LogP contribution in [0.4, 0.5) is 0 Å². The first-order chi connectivity index (χ1) is 10.5. The lowest BCUT2D eigenvalue weighted by Gasteiger charge is -2.56. The molecule has 3 heteroatoms. The summed E-state index contributed by atoms with van der Waals surface area (Å²) in [6, 6.07) is 4.09. The molecule has 22 heavy (non-hydrogen) atoms. The molecule has 1 N–H and O–H groups in total. The highest BCUT2D eigenvalue weighted by molar-refractivity contribution is 5.94. The maximum absolute atomic E-state index is 12.3. The van der Waals surface area contributed by atoms with Gasteiger partial charge in [0, 0.05) is 28.9 Å². The summed E-state index contributed by atoms with van der Waals surface area (Å²) in [6.07, 6.45) is 10.0. The van der Waals surface area contributed by atoms with E-state index >= 15 is 0 Å². The fourth-order valence-corrected chi connectivity index (χ4v) is 5.63. The van der Waals surface area contributed by atoms with Crippen LogP contribution in [0.5, 0.6) is 0 Å². The quantitative estimate of drug-likeness (QED) is 0.924. The second kappa shape index (κ2) is 5.07. The highest BCUT2D eigenvalue weighted by Crippen LogP contribution is 2.60. The van der Waals surface area contributed by atoms with Crippen molar-refractivity contribution in [3.05, 3.63) is 29.6 Å². The number of nitrogens with one attached hydrogen (secondary N) is 1. The number of rotatable bonds is 3. The zero-order valence-electron chi connectivity index (χ0n) is 13.6. The summed E-state index contributed by atoms with van der Waals surface area (Å²) in [5, 5.41) is 2.99. The first-order valence-electron chi connectivity index (χ1n) is 8.81. The fraction of sp³-hybridized carbons (Fsp3) is 0.684. The Kier molecular flexibility index (Phi) is 3.28. The molecule has 1 aromatic rings. The van der Waals surface area contributed by atoms with Gasteiger partial charge in [0.2, 0.25) is 0 Å². The Hall–Kier alpha value is -1.38. The summed E-state index contributed by atoms with van der Waals surface area (Å²) >= 11 is 0. The number of carbonyl (C=O) groups is 1. The molecule has 3 nitrogen and oxygen atoms in total. The molecule has 4 bridgehead atoms. The molecule has 0 aliphatic heterocycles. The van der Waals surface area contributed by atoms with E-state index in [2.05, 4.69) is 11.4 Å². The number of nitrogens with zero attached hydrogens (tertiary/aromatic N) is 1. The second-order valence-electron chi connectivity index (χ2n) is 8.26. The molecule has 4 aliphatic carbocycles. The van der Waals surface area contributed by atoms with Crippen molar-refractivity contribution in [1.82, 2.24) is 10.3 Å². The molecule has 0 saturated heterocycles. The van der Waals surface area contributed by atoms with Crippen molar-refractivity contribution >= 4 is 5.91 Å². The number of carbonyl (C=O) groups excluding carboxylic acids is 1. The van der Waals surface area contributed by atoms with Gasteiger partial charge in [-0.25, -0.2) is 0 Å². The number of amides is 1. The highest BCUT2D eigenvalue weighted by Gasteiger charge is 2.52. The molecule has 0 spiro atoms. The monoisotopic (exact) mass is 298 g/mol. The summed E-state index contributed by atoms with van der Waals surface area (Å²) < 4.78 is 0. The minimum Gasteiger partial charge on any atom is -0.350 e. The number of pyridine rings is 1. The third-order valence-electron chi connectivity index (χ3n) is 6.02. The predicted octanol–water partition coefficient (Wildman–Crippen LogP) is 3.69. The Balaban J connectivity index is 1.64. The molecular weight excluding hydrogens is 272 g/mol. The Bertz CT molecular complexity index is 558. The van der Waals surface area contributed by atoms with E-state index < -0.39 is 0 Å². The van der Waals surface area contributed by atoms with Gasteiger partial charge in [0.05, 0.1) is 0 Å². The molecule has 4 saturated carbocycles. The Morgan fingerprint density at radius 2 is 1.77 bits per heavy atom. The average molecular weight is 298 g/mol. The lowest BCUT2D eigenvalue weighted by atomic mass is 9.48. The minimum atomic E-state index is 0.0309. The van der Waals surface area contributed by atoms with Crippen LogP contribution in [0, 0.1) is 17.8 Å². The molecule has 4 fully saturated rings. The average Bonchev–Trinajstić information content (AvgIpc) is 2.45. The minimum absolute atomic E-state index is 0.0309. The summed E-state index contributed by atoms with van der Waals surface area (Å²) in [6.45, 7) is 4.00. The normalized spacial score (nSPS) is 35.9. The fourth-order valence-electron chi connectivity index (χ4n) is 5.63. The van der Waals surface area contributed by atoms with Crippen LogP contribution < -0.4 is 5.32 Å². The standard InChI is InChI=1S/C19H26N2O/c1-12(2)21-18(22)16-3-4-20-17(8-16)19-9-13-5-14(10-19)7-15(6-13)11-19/h3-4,8,12-15H,5-7,9-11H2,1-2H3,(H,21,22). The molecule has 118 valence electrons. The Morgan fingerprint density at radius 3 is 2.32 bits per heavy atom. The van der Waals surface area contributed by atoms with E-state index in [9.17, 15) is 4.79 Å². The summed E-state index contributed by atoms with van der Waals surface area (Å²) in [7, 11) is 0. The number of aromatic nitrogens is 1. The molecule has 0 aromatic carbocycles. The van der Waals surface area contributed by atoms with E-state index in [-0.39, 0.29) is 17.4 Å². The van der Waals surface area contributed by atoms with E-state index in [1.54, 1.807) is 0 Å². The molecule has 4 aliphatic rings. The smallest absolute Gasteiger partial charge is 0.251 e. The zero-order valence-corrected chi connectivity index (χ0v) is 13.6. The van der Waals surface area contributed by atoms with Gasteiger partial charge in [0.15, 0.2) is 0 Å². The van der Waals surface area contributed by atoms with E-state index in [0.29, 0.717) is 0 Å². The summed E-state index contributed by atoms with van der Waals surface area (Å²) in [5.74, 6) is 2.74. The van der Waals surface area contributed by atoms with Crippen molar-refractivity contribution in [1.29, 1.82) is 0 Å². The van der Waals surface area contributed by atoms with Gasteiger partial charge in [-0.2, -0.15) is 0 Å². The van der Waals surface area contributed by atoms with Crippen LogP contribution in [0.25, 0.3) is 0 Å². The van der Waals surface area contributed by atoms with Crippen molar-refractivity contribution in [2.45, 2.75) is 63.8 Å². The molecule has 0 unspecified atom stereocenters. The van der Waals surface area contributed by atoms with Gasteiger partial charge in [0.1, 0.15) is 0 Å². The molecular formula is C19H26N2O. The van der Waals surface area contributed by atoms with Crippen molar-refractivity contribution in [3.63, 3.8) is 0 Å². The molecule has 1 amide bonds. The maximum atomic E-state index is 12.3. The van der Waals surface area contributed by atoms with Crippen LogP contribution in [0.2, 0.25) is 0 Å². The molecule has 1 heterocycles. The zero-order chi connectivity index (χ0) is 15.3. The first-order valence-corrected chi connectivity index (χ1v) is 8.81. The van der Waals surface area contributed by atoms with Gasteiger partial charge in [-0.1, -0.05) is 0 Å². The molecule has 0 atom stereocenters. The van der Waals surface area contributed by atoms with E-state index in [4.69, 9.17) is 4.98 Å². The van der Waals surface area contributed by atoms with Crippen molar-refractivity contribution < 1.29 is 4.79 Å². The highest BCUT2D eigenvalue weighted by atomic mass is 16.1. The van der Waals surface area contributed by atoms with E-state index in [1.165, 1.54) is 44.2 Å². The SMILES string of the molecule is CC(C)NC(=O)c1ccnc(C23CC4CC(CC(C4)C2)C3)c1. The van der Waals surface area contributed by atoms with Gasteiger partial charge >= 0.3 is 0 Å². The van der Waals surface area contributed by atoms with Crippen LogP contribution in [-0.4, -0.2) is 16.9 Å². The maximum Gasteiger partial charge on any atom is 0.251 e. The third-order valence-corrected chi connectivity index (χ3v) is 6.02. The molecule has 5 rings (SSSR count). The van der Waals surface area contributed by atoms with Gasteiger partial charge in [-0.05, 0) is 82.3 Å². The second-order valence-corrected chi connectivity index (χ2v) is 8.26. The Morgan fingerprint density at radius 1 is 1.18 bits per heavy atom. The van der Waals surface area contributed by atoms with E-state index in [0.717, 1.165) is 23.3 Å². The van der Waals surface area contributed by atoms with Gasteiger partial charge in [-0.3, -0.25) is 9.78 Å². The molecule has 1 aromatic heterocycles. The van der Waals surface area contributed by atoms with Crippen LogP contribution >= 0.6 is 0 Å². The predicted molar refractivity (Wildman–Crippen MR) is 86.7 cm³/mol. The van der Waals surface area contributed by atoms with Crippen molar-refractivity contribution in [2.75, 3.05) is 0 Å². The number of hydrogen-bond acceptors (Lipinski definition) is 2.